The van der Waals surface area contributed by atoms with E-state index in [-0.39, 0.29) is 6.61 Å². The first-order chi connectivity index (χ1) is 6.76. The molecule has 0 saturated heterocycles. The number of carbonyl (C=O) groups is 1. The number of fused-ring (bicyclic) bond motifs is 1. The molecule has 0 amide bonds. The van der Waals surface area contributed by atoms with Gasteiger partial charge in [-0.25, -0.2) is 4.39 Å². The number of rotatable bonds is 2. The van der Waals surface area contributed by atoms with E-state index in [0.29, 0.717) is 22.8 Å². The Labute approximate surface area is 83.6 Å². The highest BCUT2D eigenvalue weighted by atomic mass is 32.1. The van der Waals surface area contributed by atoms with E-state index in [1.807, 2.05) is 0 Å². The zero-order chi connectivity index (χ0) is 10.1. The minimum Gasteiger partial charge on any atom is -0.392 e. The molecule has 0 radical (unpaired) electrons. The first kappa shape index (κ1) is 9.30. The Morgan fingerprint density at radius 2 is 2.29 bits per heavy atom. The highest BCUT2D eigenvalue weighted by Crippen LogP contribution is 2.29. The van der Waals surface area contributed by atoms with Crippen molar-refractivity contribution in [1.82, 2.24) is 0 Å². The summed E-state index contributed by atoms with van der Waals surface area (Å²) in [5, 5.41) is 11.2. The summed E-state index contributed by atoms with van der Waals surface area (Å²) in [6.07, 6.45) is 0.694. The summed E-state index contributed by atoms with van der Waals surface area (Å²) in [7, 11) is 0. The van der Waals surface area contributed by atoms with Crippen molar-refractivity contribution in [2.75, 3.05) is 0 Å². The van der Waals surface area contributed by atoms with Crippen LogP contribution < -0.4 is 0 Å². The van der Waals surface area contributed by atoms with Crippen LogP contribution in [-0.4, -0.2) is 11.4 Å². The molecule has 0 fully saturated rings. The summed E-state index contributed by atoms with van der Waals surface area (Å²) in [5.41, 5.74) is 0.998. The smallest absolute Gasteiger partial charge is 0.151 e. The van der Waals surface area contributed by atoms with Gasteiger partial charge in [0.1, 0.15) is 5.82 Å². The SMILES string of the molecule is O=Cc1csc2c(CO)cc(F)cc12. The number of aliphatic hydroxyl groups is 1. The Bertz CT molecular complexity index is 490. The largest absolute Gasteiger partial charge is 0.392 e. The third-order valence-corrected chi connectivity index (χ3v) is 3.13. The predicted octanol–water partition coefficient (Wildman–Crippen LogP) is 2.35. The van der Waals surface area contributed by atoms with Crippen LogP contribution in [0, 0.1) is 5.82 Å². The molecule has 1 aromatic carbocycles. The van der Waals surface area contributed by atoms with Crippen LogP contribution in [0.3, 0.4) is 0 Å². The Balaban J connectivity index is 2.83. The van der Waals surface area contributed by atoms with Gasteiger partial charge in [0.2, 0.25) is 0 Å². The van der Waals surface area contributed by atoms with Crippen LogP contribution in [0.25, 0.3) is 10.1 Å². The molecule has 72 valence electrons. The van der Waals surface area contributed by atoms with E-state index in [1.54, 1.807) is 5.38 Å². The van der Waals surface area contributed by atoms with Gasteiger partial charge in [0.25, 0.3) is 0 Å². The van der Waals surface area contributed by atoms with E-state index in [9.17, 15) is 9.18 Å². The zero-order valence-electron chi connectivity index (χ0n) is 7.16. The molecular formula is C10H7FO2S. The van der Waals surface area contributed by atoms with Gasteiger partial charge in [-0.1, -0.05) is 0 Å². The molecule has 0 unspecified atom stereocenters. The summed E-state index contributed by atoms with van der Waals surface area (Å²) >= 11 is 1.34. The zero-order valence-corrected chi connectivity index (χ0v) is 7.97. The van der Waals surface area contributed by atoms with E-state index in [1.165, 1.54) is 23.5 Å². The molecule has 0 atom stereocenters. The van der Waals surface area contributed by atoms with E-state index in [0.717, 1.165) is 4.70 Å². The third kappa shape index (κ3) is 1.32. The van der Waals surface area contributed by atoms with Gasteiger partial charge in [0.15, 0.2) is 6.29 Å². The maximum Gasteiger partial charge on any atom is 0.151 e. The highest BCUT2D eigenvalue weighted by Gasteiger charge is 2.09. The summed E-state index contributed by atoms with van der Waals surface area (Å²) in [6.45, 7) is -0.215. The lowest BCUT2D eigenvalue weighted by atomic mass is 10.1. The number of halogens is 1. The van der Waals surface area contributed by atoms with Gasteiger partial charge in [-0.3, -0.25) is 4.79 Å². The van der Waals surface area contributed by atoms with E-state index in [2.05, 4.69) is 0 Å². The van der Waals surface area contributed by atoms with Crippen molar-refractivity contribution in [3.8, 4) is 0 Å². The lowest BCUT2D eigenvalue weighted by Gasteiger charge is -1.99. The molecule has 2 aromatic rings. The molecule has 14 heavy (non-hydrogen) atoms. The summed E-state index contributed by atoms with van der Waals surface area (Å²) < 4.78 is 13.8. The Morgan fingerprint density at radius 1 is 1.50 bits per heavy atom. The topological polar surface area (TPSA) is 37.3 Å². The van der Waals surface area contributed by atoms with Crippen LogP contribution in [0.1, 0.15) is 15.9 Å². The fourth-order valence-electron chi connectivity index (χ4n) is 1.40. The first-order valence-electron chi connectivity index (χ1n) is 4.02. The average molecular weight is 210 g/mol. The van der Waals surface area contributed by atoms with E-state index in [4.69, 9.17) is 5.11 Å². The van der Waals surface area contributed by atoms with Gasteiger partial charge >= 0.3 is 0 Å². The molecule has 0 aliphatic carbocycles. The number of aldehydes is 1. The van der Waals surface area contributed by atoms with Crippen LogP contribution in [0.4, 0.5) is 4.39 Å². The second kappa shape index (κ2) is 3.48. The van der Waals surface area contributed by atoms with Crippen molar-refractivity contribution < 1.29 is 14.3 Å². The minimum absolute atomic E-state index is 0.215. The molecule has 4 heteroatoms. The third-order valence-electron chi connectivity index (χ3n) is 2.04. The quantitative estimate of drug-likeness (QED) is 0.772. The fraction of sp³-hybridized carbons (Fsp3) is 0.100. The molecule has 0 saturated carbocycles. The van der Waals surface area contributed by atoms with Crippen molar-refractivity contribution in [2.45, 2.75) is 6.61 Å². The summed E-state index contributed by atoms with van der Waals surface area (Å²) in [4.78, 5) is 10.6. The predicted molar refractivity (Wildman–Crippen MR) is 53.1 cm³/mol. The van der Waals surface area contributed by atoms with Crippen LogP contribution in [0.5, 0.6) is 0 Å². The van der Waals surface area contributed by atoms with Gasteiger partial charge < -0.3 is 5.11 Å². The van der Waals surface area contributed by atoms with Gasteiger partial charge in [-0.05, 0) is 17.7 Å². The maximum absolute atomic E-state index is 13.1. The van der Waals surface area contributed by atoms with Crippen molar-refractivity contribution in [3.63, 3.8) is 0 Å². The van der Waals surface area contributed by atoms with Gasteiger partial charge in [0, 0.05) is 21.0 Å². The number of aliphatic hydroxyl groups excluding tert-OH is 1. The van der Waals surface area contributed by atoms with E-state index < -0.39 is 5.82 Å². The van der Waals surface area contributed by atoms with E-state index >= 15 is 0 Å². The number of hydrogen-bond acceptors (Lipinski definition) is 3. The molecule has 0 bridgehead atoms. The van der Waals surface area contributed by atoms with Gasteiger partial charge in [-0.2, -0.15) is 0 Å². The monoisotopic (exact) mass is 210 g/mol. The normalized spacial score (nSPS) is 10.7. The number of thiophene rings is 1. The molecule has 2 nitrogen and oxygen atoms in total. The lowest BCUT2D eigenvalue weighted by molar-refractivity contribution is 0.112. The summed E-state index contributed by atoms with van der Waals surface area (Å²) in [5.74, 6) is -0.428. The van der Waals surface area contributed by atoms with Crippen LogP contribution >= 0.6 is 11.3 Å². The minimum atomic E-state index is -0.428. The van der Waals surface area contributed by atoms with Crippen molar-refractivity contribution in [1.29, 1.82) is 0 Å². The molecule has 2 rings (SSSR count). The Kier molecular flexibility index (Phi) is 2.31. The molecule has 1 N–H and O–H groups in total. The number of benzene rings is 1. The lowest BCUT2D eigenvalue weighted by Crippen LogP contribution is -1.86. The van der Waals surface area contributed by atoms with Crippen molar-refractivity contribution in [2.24, 2.45) is 0 Å². The highest BCUT2D eigenvalue weighted by molar-refractivity contribution is 7.17. The molecular weight excluding hydrogens is 203 g/mol. The van der Waals surface area contributed by atoms with Crippen molar-refractivity contribution in [3.05, 3.63) is 34.5 Å². The second-order valence-corrected chi connectivity index (χ2v) is 3.79. The molecule has 0 aliphatic rings. The Hall–Kier alpha value is -1.26. The van der Waals surface area contributed by atoms with Gasteiger partial charge in [-0.15, -0.1) is 11.3 Å². The molecule has 0 spiro atoms. The molecule has 1 aromatic heterocycles. The maximum atomic E-state index is 13.1. The van der Waals surface area contributed by atoms with Crippen LogP contribution in [0.15, 0.2) is 17.5 Å². The fourth-order valence-corrected chi connectivity index (χ4v) is 2.40. The number of hydrogen-bond donors (Lipinski definition) is 1. The Morgan fingerprint density at radius 3 is 2.93 bits per heavy atom. The first-order valence-corrected chi connectivity index (χ1v) is 4.90. The molecule has 1 heterocycles. The standard InChI is InChI=1S/C10H7FO2S/c11-8-1-6(3-12)10-9(2-8)7(4-13)5-14-10/h1-2,4-5,12H,3H2. The summed E-state index contributed by atoms with van der Waals surface area (Å²) in [6, 6.07) is 2.60. The molecule has 0 aliphatic heterocycles. The van der Waals surface area contributed by atoms with Crippen LogP contribution in [-0.2, 0) is 6.61 Å². The second-order valence-electron chi connectivity index (χ2n) is 2.91. The van der Waals surface area contributed by atoms with Crippen LogP contribution in [0.2, 0.25) is 0 Å². The number of carbonyl (C=O) groups excluding carboxylic acids is 1. The average Bonchev–Trinajstić information content (AvgIpc) is 2.59. The van der Waals surface area contributed by atoms with Gasteiger partial charge in [0.05, 0.1) is 6.61 Å². The van der Waals surface area contributed by atoms with Crippen molar-refractivity contribution >= 4 is 27.7 Å².